The molecule has 3 N–H and O–H groups in total. The number of aliphatic hydroxyl groups excluding tert-OH is 1. The maximum atomic E-state index is 11.9. The zero-order valence-electron chi connectivity index (χ0n) is 12.6. The fourth-order valence-electron chi connectivity index (χ4n) is 2.91. The standard InChI is InChI=1S/C15H23N3O3/c1-9-12(15(21)18-10(2)17-9)7-14(20)16-8-13(19)11-5-3-4-6-11/h11,13,19H,3-8H2,1-2H3,(H,16,20)(H,17,18,21). The molecule has 6 nitrogen and oxygen atoms in total. The average Bonchev–Trinajstić information content (AvgIpc) is 2.94. The first kappa shape index (κ1) is 15.7. The van der Waals surface area contributed by atoms with Gasteiger partial charge in [-0.2, -0.15) is 0 Å². The van der Waals surface area contributed by atoms with Crippen LogP contribution in [-0.4, -0.2) is 33.6 Å². The van der Waals surface area contributed by atoms with Gasteiger partial charge in [-0.3, -0.25) is 9.59 Å². The molecule has 1 unspecified atom stereocenters. The number of carbonyl (C=O) groups excluding carboxylic acids is 1. The van der Waals surface area contributed by atoms with Gasteiger partial charge in [-0.1, -0.05) is 12.8 Å². The lowest BCUT2D eigenvalue weighted by Gasteiger charge is -2.18. The van der Waals surface area contributed by atoms with E-state index < -0.39 is 6.10 Å². The summed E-state index contributed by atoms with van der Waals surface area (Å²) in [4.78, 5) is 30.5. The van der Waals surface area contributed by atoms with Crippen molar-refractivity contribution < 1.29 is 9.90 Å². The van der Waals surface area contributed by atoms with Gasteiger partial charge in [0.25, 0.3) is 5.56 Å². The summed E-state index contributed by atoms with van der Waals surface area (Å²) < 4.78 is 0. The number of aromatic nitrogens is 2. The highest BCUT2D eigenvalue weighted by atomic mass is 16.3. The van der Waals surface area contributed by atoms with Crippen LogP contribution in [0.3, 0.4) is 0 Å². The van der Waals surface area contributed by atoms with E-state index in [0.717, 1.165) is 25.7 Å². The van der Waals surface area contributed by atoms with Crippen molar-refractivity contribution in [2.75, 3.05) is 6.54 Å². The van der Waals surface area contributed by atoms with Crippen LogP contribution < -0.4 is 10.9 Å². The van der Waals surface area contributed by atoms with Crippen molar-refractivity contribution in [1.29, 1.82) is 0 Å². The third-order valence-corrected chi connectivity index (χ3v) is 4.13. The minimum atomic E-state index is -0.494. The molecule has 1 aromatic heterocycles. The lowest BCUT2D eigenvalue weighted by molar-refractivity contribution is -0.121. The molecule has 0 aliphatic heterocycles. The van der Waals surface area contributed by atoms with Crippen LogP contribution in [0.15, 0.2) is 4.79 Å². The van der Waals surface area contributed by atoms with E-state index >= 15 is 0 Å². The molecule has 0 aromatic carbocycles. The van der Waals surface area contributed by atoms with Crippen molar-refractivity contribution in [3.8, 4) is 0 Å². The third-order valence-electron chi connectivity index (χ3n) is 4.13. The van der Waals surface area contributed by atoms with Crippen LogP contribution in [0.5, 0.6) is 0 Å². The highest BCUT2D eigenvalue weighted by molar-refractivity contribution is 5.78. The monoisotopic (exact) mass is 293 g/mol. The van der Waals surface area contributed by atoms with Gasteiger partial charge in [0.2, 0.25) is 5.91 Å². The van der Waals surface area contributed by atoms with Gasteiger partial charge >= 0.3 is 0 Å². The van der Waals surface area contributed by atoms with E-state index in [1.807, 2.05) is 0 Å². The minimum absolute atomic E-state index is 0.00810. The molecule has 0 saturated heterocycles. The van der Waals surface area contributed by atoms with Crippen molar-refractivity contribution in [3.63, 3.8) is 0 Å². The second-order valence-corrected chi connectivity index (χ2v) is 5.81. The lowest BCUT2D eigenvalue weighted by atomic mass is 10.0. The Kier molecular flexibility index (Phi) is 5.12. The fourth-order valence-corrected chi connectivity index (χ4v) is 2.91. The number of H-pyrrole nitrogens is 1. The summed E-state index contributed by atoms with van der Waals surface area (Å²) in [6.45, 7) is 3.67. The molecule has 1 aliphatic rings. The van der Waals surface area contributed by atoms with E-state index in [4.69, 9.17) is 0 Å². The van der Waals surface area contributed by atoms with Crippen molar-refractivity contribution in [2.24, 2.45) is 5.92 Å². The number of amides is 1. The number of nitrogens with zero attached hydrogens (tertiary/aromatic N) is 1. The molecule has 6 heteroatoms. The molecule has 116 valence electrons. The molecule has 2 rings (SSSR count). The van der Waals surface area contributed by atoms with Gasteiger partial charge in [-0.15, -0.1) is 0 Å². The number of nitrogens with one attached hydrogen (secondary N) is 2. The van der Waals surface area contributed by atoms with Gasteiger partial charge in [0, 0.05) is 17.8 Å². The fraction of sp³-hybridized carbons (Fsp3) is 0.667. The molecule has 1 amide bonds. The molecular formula is C15H23N3O3. The lowest BCUT2D eigenvalue weighted by Crippen LogP contribution is -2.37. The highest BCUT2D eigenvalue weighted by Gasteiger charge is 2.23. The number of aryl methyl sites for hydroxylation is 2. The summed E-state index contributed by atoms with van der Waals surface area (Å²) in [7, 11) is 0. The predicted octanol–water partition coefficient (Wildman–Crippen LogP) is 0.597. The maximum Gasteiger partial charge on any atom is 0.254 e. The van der Waals surface area contributed by atoms with Crippen molar-refractivity contribution in [2.45, 2.75) is 52.1 Å². The molecular weight excluding hydrogens is 270 g/mol. The van der Waals surface area contributed by atoms with Gasteiger partial charge in [-0.05, 0) is 32.6 Å². The molecule has 1 atom stereocenters. The van der Waals surface area contributed by atoms with Gasteiger partial charge in [0.05, 0.1) is 12.5 Å². The highest BCUT2D eigenvalue weighted by Crippen LogP contribution is 2.27. The van der Waals surface area contributed by atoms with Gasteiger partial charge in [0.15, 0.2) is 0 Å². The second-order valence-electron chi connectivity index (χ2n) is 5.81. The number of aliphatic hydroxyl groups is 1. The summed E-state index contributed by atoms with van der Waals surface area (Å²) in [5, 5.41) is 12.7. The van der Waals surface area contributed by atoms with E-state index in [2.05, 4.69) is 15.3 Å². The van der Waals surface area contributed by atoms with Crippen LogP contribution in [0, 0.1) is 19.8 Å². The molecule has 1 saturated carbocycles. The first-order chi connectivity index (χ1) is 9.97. The van der Waals surface area contributed by atoms with Gasteiger partial charge < -0.3 is 15.4 Å². The van der Waals surface area contributed by atoms with Crippen molar-refractivity contribution in [3.05, 3.63) is 27.4 Å². The van der Waals surface area contributed by atoms with E-state index in [0.29, 0.717) is 17.1 Å². The van der Waals surface area contributed by atoms with E-state index in [1.165, 1.54) is 0 Å². The molecule has 1 fully saturated rings. The Morgan fingerprint density at radius 1 is 1.43 bits per heavy atom. The van der Waals surface area contributed by atoms with E-state index in [1.54, 1.807) is 13.8 Å². The first-order valence-corrected chi connectivity index (χ1v) is 7.48. The molecule has 21 heavy (non-hydrogen) atoms. The van der Waals surface area contributed by atoms with Crippen LogP contribution in [-0.2, 0) is 11.2 Å². The largest absolute Gasteiger partial charge is 0.391 e. The molecule has 1 aliphatic carbocycles. The molecule has 1 heterocycles. The second kappa shape index (κ2) is 6.85. The number of hydrogen-bond donors (Lipinski definition) is 3. The molecule has 1 aromatic rings. The Morgan fingerprint density at radius 2 is 2.10 bits per heavy atom. The van der Waals surface area contributed by atoms with E-state index in [9.17, 15) is 14.7 Å². The summed E-state index contributed by atoms with van der Waals surface area (Å²) >= 11 is 0. The summed E-state index contributed by atoms with van der Waals surface area (Å²) in [6, 6.07) is 0. The zero-order chi connectivity index (χ0) is 15.4. The third kappa shape index (κ3) is 4.14. The van der Waals surface area contributed by atoms with E-state index in [-0.39, 0.29) is 30.3 Å². The first-order valence-electron chi connectivity index (χ1n) is 7.48. The molecule has 0 spiro atoms. The minimum Gasteiger partial charge on any atom is -0.391 e. The number of rotatable bonds is 5. The van der Waals surface area contributed by atoms with Crippen LogP contribution in [0.1, 0.15) is 42.8 Å². The number of aromatic amines is 1. The summed E-state index contributed by atoms with van der Waals surface area (Å²) in [5.41, 5.74) is 0.683. The smallest absolute Gasteiger partial charge is 0.254 e. The number of hydrogen-bond acceptors (Lipinski definition) is 4. The van der Waals surface area contributed by atoms with Gasteiger partial charge in [0.1, 0.15) is 5.82 Å². The molecule has 0 radical (unpaired) electrons. The average molecular weight is 293 g/mol. The Bertz CT molecular complexity index is 562. The van der Waals surface area contributed by atoms with Crippen molar-refractivity contribution in [1.82, 2.24) is 15.3 Å². The van der Waals surface area contributed by atoms with Crippen molar-refractivity contribution >= 4 is 5.91 Å². The van der Waals surface area contributed by atoms with Crippen LogP contribution >= 0.6 is 0 Å². The Hall–Kier alpha value is -1.69. The Labute approximate surface area is 124 Å². The van der Waals surface area contributed by atoms with Crippen LogP contribution in [0.4, 0.5) is 0 Å². The SMILES string of the molecule is Cc1nc(C)c(CC(=O)NCC(O)C2CCCC2)c(=O)[nH]1. The Balaban J connectivity index is 1.88. The van der Waals surface area contributed by atoms with Gasteiger partial charge in [-0.25, -0.2) is 4.98 Å². The number of carbonyl (C=O) groups is 1. The summed E-state index contributed by atoms with van der Waals surface area (Å²) in [5.74, 6) is 0.570. The zero-order valence-corrected chi connectivity index (χ0v) is 12.6. The summed E-state index contributed by atoms with van der Waals surface area (Å²) in [6.07, 6.45) is 3.85. The van der Waals surface area contributed by atoms with Crippen LogP contribution in [0.2, 0.25) is 0 Å². The molecule has 0 bridgehead atoms. The normalized spacial score (nSPS) is 16.9. The maximum absolute atomic E-state index is 11.9. The quantitative estimate of drug-likeness (QED) is 0.740. The van der Waals surface area contributed by atoms with Crippen LogP contribution in [0.25, 0.3) is 0 Å². The predicted molar refractivity (Wildman–Crippen MR) is 79.0 cm³/mol. The Morgan fingerprint density at radius 3 is 2.71 bits per heavy atom. The topological polar surface area (TPSA) is 95.1 Å².